The molecule has 33 heavy (non-hydrogen) atoms. The highest BCUT2D eigenvalue weighted by atomic mass is 32.2. The van der Waals surface area contributed by atoms with E-state index in [1.54, 1.807) is 42.1 Å². The molecule has 0 unspecified atom stereocenters. The number of rotatable bonds is 10. The molecule has 0 aliphatic heterocycles. The Bertz CT molecular complexity index is 1180. The van der Waals surface area contributed by atoms with E-state index in [9.17, 15) is 13.2 Å². The molecule has 0 spiro atoms. The molecule has 0 bridgehead atoms. The van der Waals surface area contributed by atoms with Crippen LogP contribution in [-0.2, 0) is 14.8 Å². The average molecular weight is 483 g/mol. The predicted octanol–water partition coefficient (Wildman–Crippen LogP) is 5.11. The van der Waals surface area contributed by atoms with Gasteiger partial charge in [-0.15, -0.1) is 11.8 Å². The zero-order chi connectivity index (χ0) is 23.8. The molecular weight excluding hydrogens is 452 g/mol. The van der Waals surface area contributed by atoms with E-state index in [2.05, 4.69) is 17.4 Å². The summed E-state index contributed by atoms with van der Waals surface area (Å²) in [6.45, 7) is 5.93. The first-order valence-electron chi connectivity index (χ1n) is 10.9. The number of hydrogen-bond donors (Lipinski definition) is 1. The monoisotopic (exact) mass is 482 g/mol. The van der Waals surface area contributed by atoms with Gasteiger partial charge in [-0.3, -0.25) is 9.10 Å². The number of aryl methyl sites for hydroxylation is 2. The molecule has 0 aliphatic carbocycles. The lowest BCUT2D eigenvalue weighted by atomic mass is 10.1. The normalized spacial score (nSPS) is 11.2. The zero-order valence-electron chi connectivity index (χ0n) is 19.2. The second kappa shape index (κ2) is 11.4. The van der Waals surface area contributed by atoms with Gasteiger partial charge in [0.1, 0.15) is 6.54 Å². The molecule has 3 rings (SSSR count). The molecule has 0 aromatic heterocycles. The standard InChI is InChI=1S/C26H30N2O3S2/c1-20-13-15-24(16-14-20)33(30,31)28(25-12-7-9-21(2)22(25)3)19-26(29)27-17-8-18-32-23-10-5-4-6-11-23/h4-7,9-16H,8,17-19H2,1-3H3,(H,27,29). The van der Waals surface area contributed by atoms with Gasteiger partial charge in [0.2, 0.25) is 5.91 Å². The van der Waals surface area contributed by atoms with E-state index < -0.39 is 10.0 Å². The molecule has 3 aromatic carbocycles. The van der Waals surface area contributed by atoms with Gasteiger partial charge in [-0.25, -0.2) is 8.42 Å². The van der Waals surface area contributed by atoms with Crippen LogP contribution in [0, 0.1) is 20.8 Å². The van der Waals surface area contributed by atoms with Crippen LogP contribution in [0.5, 0.6) is 0 Å². The number of nitrogens with zero attached hydrogens (tertiary/aromatic N) is 1. The number of carbonyl (C=O) groups is 1. The van der Waals surface area contributed by atoms with Crippen molar-refractivity contribution < 1.29 is 13.2 Å². The van der Waals surface area contributed by atoms with Crippen molar-refractivity contribution in [3.05, 3.63) is 89.5 Å². The predicted molar refractivity (Wildman–Crippen MR) is 136 cm³/mol. The van der Waals surface area contributed by atoms with Crippen LogP contribution in [0.3, 0.4) is 0 Å². The van der Waals surface area contributed by atoms with Crippen LogP contribution in [0.15, 0.2) is 82.6 Å². The van der Waals surface area contributed by atoms with Gasteiger partial charge in [0.15, 0.2) is 0 Å². The van der Waals surface area contributed by atoms with E-state index in [4.69, 9.17) is 0 Å². The summed E-state index contributed by atoms with van der Waals surface area (Å²) in [6, 6.07) is 22.3. The summed E-state index contributed by atoms with van der Waals surface area (Å²) in [5.41, 5.74) is 3.29. The fourth-order valence-electron chi connectivity index (χ4n) is 3.34. The third kappa shape index (κ3) is 6.62. The number of anilines is 1. The van der Waals surface area contributed by atoms with Crippen LogP contribution in [0.2, 0.25) is 0 Å². The zero-order valence-corrected chi connectivity index (χ0v) is 20.9. The first-order valence-corrected chi connectivity index (χ1v) is 13.3. The Morgan fingerprint density at radius 3 is 2.30 bits per heavy atom. The lowest BCUT2D eigenvalue weighted by Crippen LogP contribution is -2.41. The maximum atomic E-state index is 13.5. The molecule has 0 heterocycles. The molecule has 1 amide bonds. The minimum absolute atomic E-state index is 0.168. The second-order valence-corrected chi connectivity index (χ2v) is 10.9. The first-order chi connectivity index (χ1) is 15.8. The third-order valence-corrected chi connectivity index (χ3v) is 8.27. The minimum Gasteiger partial charge on any atom is -0.354 e. The van der Waals surface area contributed by atoms with Crippen molar-refractivity contribution in [1.29, 1.82) is 0 Å². The lowest BCUT2D eigenvalue weighted by molar-refractivity contribution is -0.119. The second-order valence-electron chi connectivity index (χ2n) is 7.91. The van der Waals surface area contributed by atoms with Crippen molar-refractivity contribution in [2.24, 2.45) is 0 Å². The largest absolute Gasteiger partial charge is 0.354 e. The van der Waals surface area contributed by atoms with Crippen molar-refractivity contribution in [1.82, 2.24) is 5.32 Å². The van der Waals surface area contributed by atoms with Crippen molar-refractivity contribution in [3.63, 3.8) is 0 Å². The molecule has 0 fully saturated rings. The Kier molecular flexibility index (Phi) is 8.58. The molecule has 0 atom stereocenters. The van der Waals surface area contributed by atoms with Crippen molar-refractivity contribution in [2.75, 3.05) is 23.1 Å². The average Bonchev–Trinajstić information content (AvgIpc) is 2.80. The van der Waals surface area contributed by atoms with Gasteiger partial charge in [-0.05, 0) is 74.4 Å². The van der Waals surface area contributed by atoms with Crippen molar-refractivity contribution in [2.45, 2.75) is 37.0 Å². The fourth-order valence-corrected chi connectivity index (χ4v) is 5.69. The van der Waals surface area contributed by atoms with Gasteiger partial charge >= 0.3 is 0 Å². The molecule has 1 N–H and O–H groups in total. The minimum atomic E-state index is -3.91. The van der Waals surface area contributed by atoms with Gasteiger partial charge in [-0.2, -0.15) is 0 Å². The Balaban J connectivity index is 1.71. The Labute approximate surface area is 201 Å². The van der Waals surface area contributed by atoms with E-state index in [1.165, 1.54) is 9.20 Å². The summed E-state index contributed by atoms with van der Waals surface area (Å²) >= 11 is 1.73. The SMILES string of the molecule is Cc1ccc(S(=O)(=O)N(CC(=O)NCCCSc2ccccc2)c2cccc(C)c2C)cc1. The van der Waals surface area contributed by atoms with Crippen molar-refractivity contribution >= 4 is 33.4 Å². The highest BCUT2D eigenvalue weighted by molar-refractivity contribution is 7.99. The molecular formula is C26H30N2O3S2. The molecule has 5 nitrogen and oxygen atoms in total. The summed E-state index contributed by atoms with van der Waals surface area (Å²) in [5, 5.41) is 2.88. The van der Waals surface area contributed by atoms with Gasteiger partial charge in [-0.1, -0.05) is 48.0 Å². The molecule has 3 aromatic rings. The van der Waals surface area contributed by atoms with E-state index in [1.807, 2.05) is 51.1 Å². The Morgan fingerprint density at radius 1 is 0.909 bits per heavy atom. The smallest absolute Gasteiger partial charge is 0.264 e. The molecule has 0 aliphatic rings. The quantitative estimate of drug-likeness (QED) is 0.322. The van der Waals surface area contributed by atoms with Crippen LogP contribution >= 0.6 is 11.8 Å². The number of nitrogens with one attached hydrogen (secondary N) is 1. The van der Waals surface area contributed by atoms with E-state index in [0.29, 0.717) is 12.2 Å². The topological polar surface area (TPSA) is 66.5 Å². The first kappa shape index (κ1) is 24.9. The molecule has 0 saturated carbocycles. The number of amides is 1. The maximum absolute atomic E-state index is 13.5. The maximum Gasteiger partial charge on any atom is 0.264 e. The summed E-state index contributed by atoms with van der Waals surface area (Å²) in [5.74, 6) is 0.545. The van der Waals surface area contributed by atoms with Crippen LogP contribution in [-0.4, -0.2) is 33.2 Å². The molecule has 0 saturated heterocycles. The number of benzene rings is 3. The lowest BCUT2D eigenvalue weighted by Gasteiger charge is -2.26. The Morgan fingerprint density at radius 2 is 1.61 bits per heavy atom. The number of thioether (sulfide) groups is 1. The number of carbonyl (C=O) groups excluding carboxylic acids is 1. The number of sulfonamides is 1. The van der Waals surface area contributed by atoms with Crippen LogP contribution in [0.1, 0.15) is 23.1 Å². The van der Waals surface area contributed by atoms with Crippen molar-refractivity contribution in [3.8, 4) is 0 Å². The highest BCUT2D eigenvalue weighted by Crippen LogP contribution is 2.28. The molecule has 0 radical (unpaired) electrons. The van der Waals surface area contributed by atoms with E-state index in [0.717, 1.165) is 28.9 Å². The van der Waals surface area contributed by atoms with E-state index in [-0.39, 0.29) is 17.3 Å². The van der Waals surface area contributed by atoms with Gasteiger partial charge in [0.05, 0.1) is 10.6 Å². The Hall–Kier alpha value is -2.77. The third-order valence-electron chi connectivity index (χ3n) is 5.40. The summed E-state index contributed by atoms with van der Waals surface area (Å²) in [4.78, 5) is 14.1. The summed E-state index contributed by atoms with van der Waals surface area (Å²) in [7, 11) is -3.91. The fraction of sp³-hybridized carbons (Fsp3) is 0.269. The van der Waals surface area contributed by atoms with Crippen LogP contribution in [0.4, 0.5) is 5.69 Å². The highest BCUT2D eigenvalue weighted by Gasteiger charge is 2.28. The van der Waals surface area contributed by atoms with E-state index >= 15 is 0 Å². The molecule has 174 valence electrons. The van der Waals surface area contributed by atoms with Crippen LogP contribution in [0.25, 0.3) is 0 Å². The molecule has 7 heteroatoms. The van der Waals surface area contributed by atoms with Crippen LogP contribution < -0.4 is 9.62 Å². The van der Waals surface area contributed by atoms with Gasteiger partial charge in [0.25, 0.3) is 10.0 Å². The summed E-state index contributed by atoms with van der Waals surface area (Å²) < 4.78 is 28.3. The number of hydrogen-bond acceptors (Lipinski definition) is 4. The van der Waals surface area contributed by atoms with Gasteiger partial charge < -0.3 is 5.32 Å². The summed E-state index contributed by atoms with van der Waals surface area (Å²) in [6.07, 6.45) is 0.791. The van der Waals surface area contributed by atoms with Gasteiger partial charge in [0, 0.05) is 11.4 Å².